The highest BCUT2D eigenvalue weighted by molar-refractivity contribution is 7.18. The highest BCUT2D eigenvalue weighted by Gasteiger charge is 2.12. The average Bonchev–Trinajstić information content (AvgIpc) is 2.88. The van der Waals surface area contributed by atoms with Gasteiger partial charge in [0.25, 0.3) is 0 Å². The zero-order valence-corrected chi connectivity index (χ0v) is 13.1. The van der Waals surface area contributed by atoms with Crippen molar-refractivity contribution in [1.29, 1.82) is 0 Å². The second-order valence-corrected chi connectivity index (χ2v) is 6.01. The van der Waals surface area contributed by atoms with Gasteiger partial charge in [0.2, 0.25) is 11.8 Å². The SMILES string of the molecule is CCc1ccc(Oc2nc(NC)nc3sc(C)cc23)cc1. The first kappa shape index (κ1) is 13.8. The van der Waals surface area contributed by atoms with Gasteiger partial charge >= 0.3 is 0 Å². The number of ether oxygens (including phenoxy) is 1. The Morgan fingerprint density at radius 2 is 1.95 bits per heavy atom. The number of fused-ring (bicyclic) bond motifs is 1. The third-order valence-electron chi connectivity index (χ3n) is 3.25. The summed E-state index contributed by atoms with van der Waals surface area (Å²) in [4.78, 5) is 11.0. The smallest absolute Gasteiger partial charge is 0.232 e. The van der Waals surface area contributed by atoms with Gasteiger partial charge in [0.05, 0.1) is 5.39 Å². The number of nitrogens with zero attached hydrogens (tertiary/aromatic N) is 2. The first-order valence-corrected chi connectivity index (χ1v) is 7.74. The molecule has 0 saturated carbocycles. The lowest BCUT2D eigenvalue weighted by Gasteiger charge is -2.08. The van der Waals surface area contributed by atoms with Crippen molar-refractivity contribution in [1.82, 2.24) is 9.97 Å². The first-order chi connectivity index (χ1) is 10.2. The minimum Gasteiger partial charge on any atom is -0.438 e. The van der Waals surface area contributed by atoms with Gasteiger partial charge in [-0.1, -0.05) is 19.1 Å². The minimum absolute atomic E-state index is 0.574. The van der Waals surface area contributed by atoms with Gasteiger partial charge in [0.15, 0.2) is 0 Å². The van der Waals surface area contributed by atoms with Gasteiger partial charge in [-0.25, -0.2) is 4.98 Å². The second-order valence-electron chi connectivity index (χ2n) is 4.78. The lowest BCUT2D eigenvalue weighted by atomic mass is 10.2. The predicted octanol–water partition coefficient (Wildman–Crippen LogP) is 4.40. The fourth-order valence-corrected chi connectivity index (χ4v) is 2.98. The van der Waals surface area contributed by atoms with Crippen LogP contribution in [0.25, 0.3) is 10.2 Å². The Bertz CT molecular complexity index is 765. The second kappa shape index (κ2) is 5.69. The summed E-state index contributed by atoms with van der Waals surface area (Å²) in [6.45, 7) is 4.20. The van der Waals surface area contributed by atoms with E-state index in [0.717, 1.165) is 22.4 Å². The van der Waals surface area contributed by atoms with E-state index in [1.807, 2.05) is 12.1 Å². The zero-order valence-electron chi connectivity index (χ0n) is 12.3. The van der Waals surface area contributed by atoms with E-state index >= 15 is 0 Å². The molecule has 0 amide bonds. The summed E-state index contributed by atoms with van der Waals surface area (Å²) in [6, 6.07) is 10.2. The van der Waals surface area contributed by atoms with E-state index < -0.39 is 0 Å². The van der Waals surface area contributed by atoms with Crippen molar-refractivity contribution in [3.8, 4) is 11.6 Å². The summed E-state index contributed by atoms with van der Waals surface area (Å²) >= 11 is 1.64. The molecule has 2 aromatic heterocycles. The summed E-state index contributed by atoms with van der Waals surface area (Å²) in [5, 5.41) is 3.93. The summed E-state index contributed by atoms with van der Waals surface area (Å²) in [6.07, 6.45) is 1.02. The highest BCUT2D eigenvalue weighted by Crippen LogP contribution is 2.33. The van der Waals surface area contributed by atoms with Gasteiger partial charge in [-0.15, -0.1) is 11.3 Å². The van der Waals surface area contributed by atoms with Crippen LogP contribution in [0.3, 0.4) is 0 Å². The van der Waals surface area contributed by atoms with Crippen molar-refractivity contribution in [2.75, 3.05) is 12.4 Å². The molecule has 0 aliphatic heterocycles. The molecule has 3 aromatic rings. The molecule has 3 rings (SSSR count). The van der Waals surface area contributed by atoms with Gasteiger partial charge in [-0.2, -0.15) is 4.98 Å². The molecule has 0 bridgehead atoms. The van der Waals surface area contributed by atoms with Crippen LogP contribution in [-0.4, -0.2) is 17.0 Å². The Morgan fingerprint density at radius 3 is 2.62 bits per heavy atom. The Hall–Kier alpha value is -2.14. The van der Waals surface area contributed by atoms with Crippen molar-refractivity contribution in [2.45, 2.75) is 20.3 Å². The van der Waals surface area contributed by atoms with Crippen LogP contribution >= 0.6 is 11.3 Å². The Labute approximate surface area is 127 Å². The van der Waals surface area contributed by atoms with Crippen molar-refractivity contribution >= 4 is 27.5 Å². The molecule has 108 valence electrons. The summed E-state index contributed by atoms with van der Waals surface area (Å²) < 4.78 is 5.96. The maximum absolute atomic E-state index is 5.96. The maximum Gasteiger partial charge on any atom is 0.232 e. The van der Waals surface area contributed by atoms with Crippen molar-refractivity contribution in [2.24, 2.45) is 0 Å². The summed E-state index contributed by atoms with van der Waals surface area (Å²) in [5.74, 6) is 1.96. The zero-order chi connectivity index (χ0) is 14.8. The Morgan fingerprint density at radius 1 is 1.19 bits per heavy atom. The van der Waals surface area contributed by atoms with Crippen LogP contribution in [0.5, 0.6) is 11.6 Å². The van der Waals surface area contributed by atoms with Gasteiger partial charge in [-0.05, 0) is 37.1 Å². The highest BCUT2D eigenvalue weighted by atomic mass is 32.1. The van der Waals surface area contributed by atoms with Crippen molar-refractivity contribution < 1.29 is 4.74 Å². The largest absolute Gasteiger partial charge is 0.438 e. The normalized spacial score (nSPS) is 10.8. The molecule has 5 heteroatoms. The average molecular weight is 299 g/mol. The number of hydrogen-bond acceptors (Lipinski definition) is 5. The number of rotatable bonds is 4. The van der Waals surface area contributed by atoms with Gasteiger partial charge in [-0.3, -0.25) is 0 Å². The molecule has 21 heavy (non-hydrogen) atoms. The molecule has 1 N–H and O–H groups in total. The Kier molecular flexibility index (Phi) is 3.75. The molecule has 0 unspecified atom stereocenters. The number of thiophene rings is 1. The van der Waals surface area contributed by atoms with E-state index in [1.54, 1.807) is 18.4 Å². The molecule has 0 aliphatic rings. The van der Waals surface area contributed by atoms with Gasteiger partial charge in [0.1, 0.15) is 10.6 Å². The van der Waals surface area contributed by atoms with Crippen LogP contribution in [0.2, 0.25) is 0 Å². The third-order valence-corrected chi connectivity index (χ3v) is 4.20. The van der Waals surface area contributed by atoms with Crippen LogP contribution in [0.1, 0.15) is 17.4 Å². The first-order valence-electron chi connectivity index (χ1n) is 6.92. The van der Waals surface area contributed by atoms with E-state index in [2.05, 4.69) is 47.3 Å². The van der Waals surface area contributed by atoms with E-state index in [-0.39, 0.29) is 0 Å². The lowest BCUT2D eigenvalue weighted by molar-refractivity contribution is 0.469. The minimum atomic E-state index is 0.574. The van der Waals surface area contributed by atoms with Gasteiger partial charge < -0.3 is 10.1 Å². The van der Waals surface area contributed by atoms with E-state index in [9.17, 15) is 0 Å². The number of benzene rings is 1. The number of hydrogen-bond donors (Lipinski definition) is 1. The maximum atomic E-state index is 5.96. The standard InChI is InChI=1S/C16H17N3OS/c1-4-11-5-7-12(8-6-11)20-14-13-9-10(2)21-15(13)19-16(17-3)18-14/h5-9H,4H2,1-3H3,(H,17,18,19). The number of nitrogens with one attached hydrogen (secondary N) is 1. The molecule has 0 fully saturated rings. The predicted molar refractivity (Wildman–Crippen MR) is 87.6 cm³/mol. The fourth-order valence-electron chi connectivity index (χ4n) is 2.11. The van der Waals surface area contributed by atoms with E-state index in [1.165, 1.54) is 10.4 Å². The van der Waals surface area contributed by atoms with Crippen LogP contribution in [0.4, 0.5) is 5.95 Å². The molecule has 0 aliphatic carbocycles. The Balaban J connectivity index is 2.01. The molecule has 4 nitrogen and oxygen atoms in total. The lowest BCUT2D eigenvalue weighted by Crippen LogP contribution is -1.98. The molecule has 0 radical (unpaired) electrons. The molecule has 0 saturated heterocycles. The summed E-state index contributed by atoms with van der Waals surface area (Å²) in [5.41, 5.74) is 1.29. The number of aromatic nitrogens is 2. The van der Waals surface area contributed by atoms with Crippen molar-refractivity contribution in [3.05, 3.63) is 40.8 Å². The molecule has 0 atom stereocenters. The third kappa shape index (κ3) is 2.83. The van der Waals surface area contributed by atoms with Gasteiger partial charge in [0, 0.05) is 11.9 Å². The molecular formula is C16H17N3OS. The fraction of sp³-hybridized carbons (Fsp3) is 0.250. The molecule has 1 aromatic carbocycles. The quantitative estimate of drug-likeness (QED) is 0.776. The molecular weight excluding hydrogens is 282 g/mol. The molecule has 0 spiro atoms. The van der Waals surface area contributed by atoms with E-state index in [4.69, 9.17) is 4.74 Å². The molecule has 2 heterocycles. The monoisotopic (exact) mass is 299 g/mol. The number of anilines is 1. The van der Waals surface area contributed by atoms with E-state index in [0.29, 0.717) is 11.8 Å². The van der Waals surface area contributed by atoms with Crippen molar-refractivity contribution in [3.63, 3.8) is 0 Å². The van der Waals surface area contributed by atoms with Crippen LogP contribution in [0.15, 0.2) is 30.3 Å². The van der Waals surface area contributed by atoms with Crippen LogP contribution in [0, 0.1) is 6.92 Å². The topological polar surface area (TPSA) is 47.0 Å². The summed E-state index contributed by atoms with van der Waals surface area (Å²) in [7, 11) is 1.81. The van der Waals surface area contributed by atoms with Crippen LogP contribution < -0.4 is 10.1 Å². The number of aryl methyl sites for hydroxylation is 2. The van der Waals surface area contributed by atoms with Crippen LogP contribution in [-0.2, 0) is 6.42 Å².